The number of halogens is 3. The SMILES string of the molecule is C[C@H](CCC(C)(C)O)[C@H]1CC[C@H]2[C@@H]3CC[C@@H]4C[C@@](O)(C(F)(F)F)CC[C@]4(C)[C@H]3CC[C@]12C. The van der Waals surface area contributed by atoms with Crippen LogP contribution >= 0.6 is 0 Å². The Bertz CT molecular complexity index is 700. The van der Waals surface area contributed by atoms with Crippen LogP contribution in [0.15, 0.2) is 0 Å². The molecule has 2 N–H and O–H groups in total. The molecule has 0 bridgehead atoms. The summed E-state index contributed by atoms with van der Waals surface area (Å²) in [6, 6.07) is 0. The van der Waals surface area contributed by atoms with Gasteiger partial charge in [0.05, 0.1) is 5.60 Å². The summed E-state index contributed by atoms with van der Waals surface area (Å²) in [7, 11) is 0. The molecule has 0 saturated heterocycles. The first-order valence-corrected chi connectivity index (χ1v) is 13.1. The van der Waals surface area contributed by atoms with Crippen LogP contribution in [0, 0.1) is 46.3 Å². The van der Waals surface area contributed by atoms with E-state index in [1.165, 1.54) is 19.3 Å². The number of alkyl halides is 3. The van der Waals surface area contributed by atoms with E-state index < -0.39 is 17.4 Å². The molecule has 0 radical (unpaired) electrons. The van der Waals surface area contributed by atoms with E-state index in [-0.39, 0.29) is 24.2 Å². The molecule has 32 heavy (non-hydrogen) atoms. The lowest BCUT2D eigenvalue weighted by Gasteiger charge is -2.62. The molecule has 0 heterocycles. The van der Waals surface area contributed by atoms with Gasteiger partial charge in [0.2, 0.25) is 0 Å². The third-order valence-electron chi connectivity index (χ3n) is 11.2. The van der Waals surface area contributed by atoms with E-state index in [9.17, 15) is 23.4 Å². The molecule has 0 aromatic heterocycles. The van der Waals surface area contributed by atoms with Crippen molar-refractivity contribution in [3.63, 3.8) is 0 Å². The molecule has 4 aliphatic rings. The zero-order valence-electron chi connectivity index (χ0n) is 20.8. The van der Waals surface area contributed by atoms with Crippen LogP contribution in [-0.2, 0) is 0 Å². The third-order valence-corrected chi connectivity index (χ3v) is 11.2. The van der Waals surface area contributed by atoms with Gasteiger partial charge in [-0.15, -0.1) is 0 Å². The number of fused-ring (bicyclic) bond motifs is 5. The average molecular weight is 459 g/mol. The molecular weight excluding hydrogens is 413 g/mol. The molecule has 0 aromatic rings. The molecule has 2 nitrogen and oxygen atoms in total. The van der Waals surface area contributed by atoms with Gasteiger partial charge in [-0.2, -0.15) is 13.2 Å². The van der Waals surface area contributed by atoms with Gasteiger partial charge in [-0.05, 0) is 131 Å². The molecule has 4 saturated carbocycles. The van der Waals surface area contributed by atoms with Crippen LogP contribution in [0.25, 0.3) is 0 Å². The van der Waals surface area contributed by atoms with Crippen molar-refractivity contribution in [2.45, 2.75) is 123 Å². The van der Waals surface area contributed by atoms with E-state index in [2.05, 4.69) is 20.8 Å². The first-order chi connectivity index (χ1) is 14.6. The van der Waals surface area contributed by atoms with E-state index in [0.29, 0.717) is 41.4 Å². The van der Waals surface area contributed by atoms with E-state index in [0.717, 1.165) is 32.1 Å². The van der Waals surface area contributed by atoms with Gasteiger partial charge in [0, 0.05) is 0 Å². The van der Waals surface area contributed by atoms with Gasteiger partial charge >= 0.3 is 6.18 Å². The molecule has 4 fully saturated rings. The Balaban J connectivity index is 1.49. The van der Waals surface area contributed by atoms with Gasteiger partial charge < -0.3 is 10.2 Å². The number of aliphatic hydroxyl groups is 2. The molecule has 0 aromatic carbocycles. The fourth-order valence-corrected chi connectivity index (χ4v) is 9.26. The third kappa shape index (κ3) is 3.95. The average Bonchev–Trinajstić information content (AvgIpc) is 3.02. The summed E-state index contributed by atoms with van der Waals surface area (Å²) in [5.41, 5.74) is -2.84. The molecule has 0 aliphatic heterocycles. The van der Waals surface area contributed by atoms with Gasteiger partial charge in [0.1, 0.15) is 0 Å². The Labute approximate surface area is 192 Å². The van der Waals surface area contributed by atoms with Crippen LogP contribution in [-0.4, -0.2) is 27.6 Å². The first-order valence-electron chi connectivity index (χ1n) is 13.1. The van der Waals surface area contributed by atoms with E-state index in [4.69, 9.17) is 0 Å². The Morgan fingerprint density at radius 3 is 2.19 bits per heavy atom. The Morgan fingerprint density at radius 2 is 1.56 bits per heavy atom. The zero-order valence-corrected chi connectivity index (χ0v) is 20.8. The standard InChI is InChI=1S/C27H45F3O2/c1-17(10-12-23(2,3)31)20-8-9-21-19-7-6-18-16-26(32,27(28,29)30)15-14-24(18,4)22(19)11-13-25(20,21)5/h17-22,31-32H,6-16H2,1-5H3/t17-,18-,19+,20-,21+,22+,24+,25-,26-/m1/s1. The lowest BCUT2D eigenvalue weighted by Crippen LogP contribution is -2.59. The normalized spacial score (nSPS) is 48.0. The molecule has 9 atom stereocenters. The second kappa shape index (κ2) is 7.86. The minimum Gasteiger partial charge on any atom is -0.390 e. The van der Waals surface area contributed by atoms with Crippen molar-refractivity contribution in [1.29, 1.82) is 0 Å². The van der Waals surface area contributed by atoms with Crippen LogP contribution in [0.1, 0.15) is 105 Å². The molecule has 4 rings (SSSR count). The summed E-state index contributed by atoms with van der Waals surface area (Å²) in [6.45, 7) is 10.9. The summed E-state index contributed by atoms with van der Waals surface area (Å²) < 4.78 is 40.7. The van der Waals surface area contributed by atoms with Crippen molar-refractivity contribution in [2.24, 2.45) is 46.3 Å². The zero-order chi connectivity index (χ0) is 23.7. The topological polar surface area (TPSA) is 40.5 Å². The lowest BCUT2D eigenvalue weighted by molar-refractivity contribution is -0.290. The maximum absolute atomic E-state index is 13.6. The van der Waals surface area contributed by atoms with Crippen molar-refractivity contribution in [2.75, 3.05) is 0 Å². The molecule has 0 spiro atoms. The number of hydrogen-bond donors (Lipinski definition) is 2. The van der Waals surface area contributed by atoms with Crippen LogP contribution in [0.3, 0.4) is 0 Å². The first kappa shape index (κ1) is 24.8. The molecule has 5 heteroatoms. The van der Waals surface area contributed by atoms with E-state index >= 15 is 0 Å². The monoisotopic (exact) mass is 458 g/mol. The van der Waals surface area contributed by atoms with Crippen LogP contribution in [0.2, 0.25) is 0 Å². The van der Waals surface area contributed by atoms with Crippen molar-refractivity contribution in [3.8, 4) is 0 Å². The maximum Gasteiger partial charge on any atom is 0.417 e. The van der Waals surface area contributed by atoms with E-state index in [1.54, 1.807) is 0 Å². The highest BCUT2D eigenvalue weighted by atomic mass is 19.4. The molecule has 0 unspecified atom stereocenters. The van der Waals surface area contributed by atoms with Crippen molar-refractivity contribution >= 4 is 0 Å². The Hall–Kier alpha value is -0.290. The second-order valence-corrected chi connectivity index (χ2v) is 13.4. The smallest absolute Gasteiger partial charge is 0.390 e. The summed E-state index contributed by atoms with van der Waals surface area (Å²) in [5, 5.41) is 20.6. The fraction of sp³-hybridized carbons (Fsp3) is 1.00. The minimum atomic E-state index is -4.52. The number of hydrogen-bond acceptors (Lipinski definition) is 2. The quantitative estimate of drug-likeness (QED) is 0.471. The summed E-state index contributed by atoms with van der Waals surface area (Å²) >= 11 is 0. The molecule has 4 aliphatic carbocycles. The number of rotatable bonds is 4. The predicted octanol–water partition coefficient (Wildman–Crippen LogP) is 7.13. The minimum absolute atomic E-state index is 0.0172. The van der Waals surface area contributed by atoms with Crippen molar-refractivity contribution in [3.05, 3.63) is 0 Å². The maximum atomic E-state index is 13.6. The highest BCUT2D eigenvalue weighted by molar-refractivity contribution is 5.11. The largest absolute Gasteiger partial charge is 0.417 e. The Morgan fingerprint density at radius 1 is 0.906 bits per heavy atom. The highest BCUT2D eigenvalue weighted by Gasteiger charge is 2.65. The summed E-state index contributed by atoms with van der Waals surface area (Å²) in [6.07, 6.45) is 4.32. The van der Waals surface area contributed by atoms with Gasteiger partial charge in [0.25, 0.3) is 0 Å². The van der Waals surface area contributed by atoms with Gasteiger partial charge in [-0.25, -0.2) is 0 Å². The summed E-state index contributed by atoms with van der Waals surface area (Å²) in [5.74, 6) is 3.06. The predicted molar refractivity (Wildman–Crippen MR) is 121 cm³/mol. The second-order valence-electron chi connectivity index (χ2n) is 13.4. The van der Waals surface area contributed by atoms with Gasteiger partial charge in [0.15, 0.2) is 5.60 Å². The Kier molecular flexibility index (Phi) is 6.10. The molecule has 0 amide bonds. The van der Waals surface area contributed by atoms with Crippen molar-refractivity contribution in [1.82, 2.24) is 0 Å². The lowest BCUT2D eigenvalue weighted by atomic mass is 9.43. The van der Waals surface area contributed by atoms with Gasteiger partial charge in [-0.1, -0.05) is 20.8 Å². The molecular formula is C27H45F3O2. The van der Waals surface area contributed by atoms with E-state index in [1.807, 2.05) is 13.8 Å². The van der Waals surface area contributed by atoms with Crippen molar-refractivity contribution < 1.29 is 23.4 Å². The summed E-state index contributed by atoms with van der Waals surface area (Å²) in [4.78, 5) is 0. The molecule has 186 valence electrons. The van der Waals surface area contributed by atoms with Crippen LogP contribution in [0.4, 0.5) is 13.2 Å². The van der Waals surface area contributed by atoms with Crippen LogP contribution < -0.4 is 0 Å². The van der Waals surface area contributed by atoms with Gasteiger partial charge in [-0.3, -0.25) is 0 Å². The fourth-order valence-electron chi connectivity index (χ4n) is 9.26. The highest BCUT2D eigenvalue weighted by Crippen LogP contribution is 2.69. The van der Waals surface area contributed by atoms with Crippen LogP contribution in [0.5, 0.6) is 0 Å².